The van der Waals surface area contributed by atoms with E-state index >= 15 is 0 Å². The van der Waals surface area contributed by atoms with Gasteiger partial charge in [0.25, 0.3) is 0 Å². The fourth-order valence-corrected chi connectivity index (χ4v) is 3.20. The van der Waals surface area contributed by atoms with Crippen molar-refractivity contribution >= 4 is 17.7 Å². The van der Waals surface area contributed by atoms with Crippen molar-refractivity contribution in [3.05, 3.63) is 24.2 Å². The van der Waals surface area contributed by atoms with Crippen LogP contribution in [0.3, 0.4) is 0 Å². The number of tetrazole rings is 1. The summed E-state index contributed by atoms with van der Waals surface area (Å²) in [6.45, 7) is 4.42. The number of thioether (sulfide) groups is 1. The van der Waals surface area contributed by atoms with Gasteiger partial charge in [-0.1, -0.05) is 18.7 Å². The Morgan fingerprint density at radius 3 is 3.00 bits per heavy atom. The van der Waals surface area contributed by atoms with Gasteiger partial charge in [0.1, 0.15) is 12.3 Å². The predicted molar refractivity (Wildman–Crippen MR) is 81.3 cm³/mol. The van der Waals surface area contributed by atoms with Crippen molar-refractivity contribution in [1.82, 2.24) is 25.1 Å². The van der Waals surface area contributed by atoms with Gasteiger partial charge in [-0.05, 0) is 41.3 Å². The van der Waals surface area contributed by atoms with Gasteiger partial charge in [-0.15, -0.1) is 5.10 Å². The van der Waals surface area contributed by atoms with Crippen LogP contribution >= 0.6 is 11.8 Å². The normalized spacial score (nSPS) is 16.1. The molecule has 0 aromatic carbocycles. The van der Waals surface area contributed by atoms with Gasteiger partial charge < -0.3 is 9.32 Å². The van der Waals surface area contributed by atoms with E-state index in [1.54, 1.807) is 10.9 Å². The fraction of sp³-hybridized carbons (Fsp3) is 0.571. The second kappa shape index (κ2) is 6.95. The Bertz CT molecular complexity index is 605. The van der Waals surface area contributed by atoms with E-state index in [1.165, 1.54) is 11.8 Å². The van der Waals surface area contributed by atoms with Gasteiger partial charge >= 0.3 is 0 Å². The highest BCUT2D eigenvalue weighted by Gasteiger charge is 2.21. The number of amides is 1. The summed E-state index contributed by atoms with van der Waals surface area (Å²) < 4.78 is 6.94. The maximum absolute atomic E-state index is 12.2. The molecule has 0 atom stereocenters. The summed E-state index contributed by atoms with van der Waals surface area (Å²) in [5, 5.41) is 12.2. The molecule has 3 heterocycles. The standard InChI is InChI=1S/C14H19N5O2S/c1-11-4-6-18(7-5-11)13(20)10-22-14-15-16-17-19(14)9-12-3-2-8-21-12/h2-3,8,11H,4-7,9-10H2,1H3. The molecule has 0 N–H and O–H groups in total. The molecular formula is C14H19N5O2S. The lowest BCUT2D eigenvalue weighted by Gasteiger charge is -2.30. The molecule has 0 bridgehead atoms. The Morgan fingerprint density at radius 1 is 1.45 bits per heavy atom. The van der Waals surface area contributed by atoms with Crippen LogP contribution in [0.25, 0.3) is 0 Å². The molecule has 3 rings (SSSR count). The Labute approximate surface area is 133 Å². The SMILES string of the molecule is CC1CCN(C(=O)CSc2nnnn2Cc2ccco2)CC1. The zero-order chi connectivity index (χ0) is 15.4. The van der Waals surface area contributed by atoms with Crippen LogP contribution in [0.5, 0.6) is 0 Å². The summed E-state index contributed by atoms with van der Waals surface area (Å²) in [6, 6.07) is 3.70. The zero-order valence-electron chi connectivity index (χ0n) is 12.5. The smallest absolute Gasteiger partial charge is 0.233 e. The number of nitrogens with zero attached hydrogens (tertiary/aromatic N) is 5. The van der Waals surface area contributed by atoms with E-state index in [0.29, 0.717) is 17.5 Å². The lowest BCUT2D eigenvalue weighted by atomic mass is 9.99. The van der Waals surface area contributed by atoms with Gasteiger partial charge in [-0.3, -0.25) is 4.79 Å². The number of piperidine rings is 1. The molecule has 1 amide bonds. The summed E-state index contributed by atoms with van der Waals surface area (Å²) in [7, 11) is 0. The minimum Gasteiger partial charge on any atom is -0.467 e. The molecule has 1 saturated heterocycles. The summed E-state index contributed by atoms with van der Waals surface area (Å²) in [5.74, 6) is 2.03. The largest absolute Gasteiger partial charge is 0.467 e. The predicted octanol–water partition coefficient (Wildman–Crippen LogP) is 1.66. The minimum atomic E-state index is 0.157. The third-order valence-corrected chi connectivity index (χ3v) is 4.79. The van der Waals surface area contributed by atoms with Crippen molar-refractivity contribution in [2.24, 2.45) is 5.92 Å². The van der Waals surface area contributed by atoms with Gasteiger partial charge in [-0.25, -0.2) is 4.68 Å². The molecule has 7 nitrogen and oxygen atoms in total. The summed E-state index contributed by atoms with van der Waals surface area (Å²) >= 11 is 1.37. The number of carbonyl (C=O) groups excluding carboxylic acids is 1. The molecular weight excluding hydrogens is 302 g/mol. The van der Waals surface area contributed by atoms with Crippen molar-refractivity contribution in [2.45, 2.75) is 31.5 Å². The van der Waals surface area contributed by atoms with Gasteiger partial charge in [0.05, 0.1) is 12.0 Å². The van der Waals surface area contributed by atoms with Crippen molar-refractivity contribution < 1.29 is 9.21 Å². The minimum absolute atomic E-state index is 0.157. The second-order valence-corrected chi connectivity index (χ2v) is 6.49. The van der Waals surface area contributed by atoms with Crippen LogP contribution in [0, 0.1) is 5.92 Å². The summed E-state index contributed by atoms with van der Waals surface area (Å²) in [5.41, 5.74) is 0. The Morgan fingerprint density at radius 2 is 2.27 bits per heavy atom. The summed E-state index contributed by atoms with van der Waals surface area (Å²) in [6.07, 6.45) is 3.80. The highest BCUT2D eigenvalue weighted by Crippen LogP contribution is 2.19. The molecule has 0 radical (unpaired) electrons. The van der Waals surface area contributed by atoms with Crippen molar-refractivity contribution in [2.75, 3.05) is 18.8 Å². The van der Waals surface area contributed by atoms with Gasteiger partial charge in [0.15, 0.2) is 0 Å². The molecule has 118 valence electrons. The van der Waals surface area contributed by atoms with E-state index in [0.717, 1.165) is 37.6 Å². The number of rotatable bonds is 5. The molecule has 8 heteroatoms. The molecule has 1 fully saturated rings. The van der Waals surface area contributed by atoms with Crippen LogP contribution < -0.4 is 0 Å². The second-order valence-electron chi connectivity index (χ2n) is 5.55. The van der Waals surface area contributed by atoms with Crippen LogP contribution in [0.1, 0.15) is 25.5 Å². The highest BCUT2D eigenvalue weighted by atomic mass is 32.2. The van der Waals surface area contributed by atoms with Crippen molar-refractivity contribution in [3.8, 4) is 0 Å². The first-order valence-corrected chi connectivity index (χ1v) is 8.40. The van der Waals surface area contributed by atoms with E-state index in [2.05, 4.69) is 22.4 Å². The average molecular weight is 321 g/mol. The number of aromatic nitrogens is 4. The lowest BCUT2D eigenvalue weighted by molar-refractivity contribution is -0.129. The maximum Gasteiger partial charge on any atom is 0.233 e. The third kappa shape index (κ3) is 3.68. The van der Waals surface area contributed by atoms with Crippen LogP contribution in [0.2, 0.25) is 0 Å². The summed E-state index contributed by atoms with van der Waals surface area (Å²) in [4.78, 5) is 14.2. The van der Waals surface area contributed by atoms with Gasteiger partial charge in [-0.2, -0.15) is 0 Å². The number of hydrogen-bond donors (Lipinski definition) is 0. The van der Waals surface area contributed by atoms with Crippen LogP contribution in [0.15, 0.2) is 28.0 Å². The first-order chi connectivity index (χ1) is 10.7. The van der Waals surface area contributed by atoms with Crippen LogP contribution in [-0.4, -0.2) is 49.9 Å². The Hall–Kier alpha value is -1.83. The average Bonchev–Trinajstić information content (AvgIpc) is 3.18. The third-order valence-electron chi connectivity index (χ3n) is 3.85. The van der Waals surface area contributed by atoms with E-state index in [9.17, 15) is 4.79 Å². The van der Waals surface area contributed by atoms with Crippen LogP contribution in [-0.2, 0) is 11.3 Å². The van der Waals surface area contributed by atoms with Crippen molar-refractivity contribution in [1.29, 1.82) is 0 Å². The number of furan rings is 1. The topological polar surface area (TPSA) is 77.1 Å². The molecule has 0 aliphatic carbocycles. The Kier molecular flexibility index (Phi) is 4.77. The molecule has 22 heavy (non-hydrogen) atoms. The van der Waals surface area contributed by atoms with E-state index < -0.39 is 0 Å². The molecule has 0 spiro atoms. The highest BCUT2D eigenvalue weighted by molar-refractivity contribution is 7.99. The van der Waals surface area contributed by atoms with E-state index in [1.807, 2.05) is 17.0 Å². The molecule has 2 aromatic heterocycles. The maximum atomic E-state index is 12.2. The van der Waals surface area contributed by atoms with E-state index in [4.69, 9.17) is 4.42 Å². The zero-order valence-corrected chi connectivity index (χ0v) is 13.3. The van der Waals surface area contributed by atoms with Gasteiger partial charge in [0.2, 0.25) is 11.1 Å². The van der Waals surface area contributed by atoms with Gasteiger partial charge in [0, 0.05) is 13.1 Å². The monoisotopic (exact) mass is 321 g/mol. The quantitative estimate of drug-likeness (QED) is 0.780. The number of carbonyl (C=O) groups is 1. The number of hydrogen-bond acceptors (Lipinski definition) is 6. The molecule has 0 saturated carbocycles. The van der Waals surface area contributed by atoms with Crippen LogP contribution in [0.4, 0.5) is 0 Å². The molecule has 0 unspecified atom stereocenters. The number of likely N-dealkylation sites (tertiary alicyclic amines) is 1. The van der Waals surface area contributed by atoms with Crippen molar-refractivity contribution in [3.63, 3.8) is 0 Å². The van der Waals surface area contributed by atoms with E-state index in [-0.39, 0.29) is 5.91 Å². The molecule has 1 aliphatic heterocycles. The molecule has 1 aliphatic rings. The fourth-order valence-electron chi connectivity index (χ4n) is 2.42. The first kappa shape index (κ1) is 15.1. The first-order valence-electron chi connectivity index (χ1n) is 7.41. The lowest BCUT2D eigenvalue weighted by Crippen LogP contribution is -2.38. The molecule has 2 aromatic rings. The Balaban J connectivity index is 1.53.